The predicted octanol–water partition coefficient (Wildman–Crippen LogP) is 5.87. The van der Waals surface area contributed by atoms with Gasteiger partial charge in [-0.15, -0.1) is 0 Å². The molecule has 0 aliphatic heterocycles. The highest BCUT2D eigenvalue weighted by atomic mass is 35.5. The molecule has 0 radical (unpaired) electrons. The number of halogens is 1. The van der Waals surface area contributed by atoms with Crippen LogP contribution < -0.4 is 0 Å². The van der Waals surface area contributed by atoms with E-state index in [1.54, 1.807) is 6.20 Å². The molecule has 1 heterocycles. The van der Waals surface area contributed by atoms with Crippen molar-refractivity contribution in [2.45, 2.75) is 84.0 Å². The maximum Gasteiger partial charge on any atom is 0.0820 e. The molecule has 3 heteroatoms. The van der Waals surface area contributed by atoms with E-state index in [0.717, 1.165) is 10.7 Å². The van der Waals surface area contributed by atoms with Crippen LogP contribution in [0.25, 0.3) is 0 Å². The summed E-state index contributed by atoms with van der Waals surface area (Å²) in [4.78, 5) is 0. The zero-order valence-corrected chi connectivity index (χ0v) is 13.5. The molecule has 0 aliphatic carbocycles. The van der Waals surface area contributed by atoms with Gasteiger partial charge in [-0.3, -0.25) is 5.10 Å². The van der Waals surface area contributed by atoms with Crippen LogP contribution in [0.1, 0.15) is 84.3 Å². The summed E-state index contributed by atoms with van der Waals surface area (Å²) in [6.45, 7) is 6.85. The highest BCUT2D eigenvalue weighted by molar-refractivity contribution is 6.31. The summed E-state index contributed by atoms with van der Waals surface area (Å²) < 4.78 is 0. The van der Waals surface area contributed by atoms with E-state index in [-0.39, 0.29) is 5.41 Å². The Hall–Kier alpha value is -0.500. The SMILES string of the molecule is CCCCCCC(C)(CCCCC)c1[nH]ncc1Cl. The molecule has 0 spiro atoms. The number of nitrogens with one attached hydrogen (secondary N) is 1. The molecule has 0 aliphatic rings. The van der Waals surface area contributed by atoms with E-state index in [2.05, 4.69) is 31.0 Å². The molecule has 1 aromatic heterocycles. The van der Waals surface area contributed by atoms with Crippen molar-refractivity contribution in [2.75, 3.05) is 0 Å². The fourth-order valence-electron chi connectivity index (χ4n) is 2.78. The summed E-state index contributed by atoms with van der Waals surface area (Å²) in [5.41, 5.74) is 1.30. The highest BCUT2D eigenvalue weighted by Crippen LogP contribution is 2.37. The van der Waals surface area contributed by atoms with E-state index in [0.29, 0.717) is 0 Å². The topological polar surface area (TPSA) is 28.7 Å². The maximum atomic E-state index is 6.28. The Morgan fingerprint density at radius 2 is 1.63 bits per heavy atom. The summed E-state index contributed by atoms with van der Waals surface area (Å²) in [5.74, 6) is 0. The summed E-state index contributed by atoms with van der Waals surface area (Å²) in [6.07, 6.45) is 13.2. The molecular weight excluding hydrogens is 256 g/mol. The van der Waals surface area contributed by atoms with Crippen LogP contribution in [0.2, 0.25) is 5.02 Å². The third kappa shape index (κ3) is 5.18. The molecule has 0 saturated carbocycles. The van der Waals surface area contributed by atoms with Gasteiger partial charge in [0.2, 0.25) is 0 Å². The Morgan fingerprint density at radius 1 is 1.05 bits per heavy atom. The standard InChI is InChI=1S/C16H29ClN2/c1-4-6-8-10-12-16(3,11-9-7-5-2)15-14(17)13-18-19-15/h13H,4-12H2,1-3H3,(H,18,19). The molecule has 1 N–H and O–H groups in total. The van der Waals surface area contributed by atoms with E-state index in [4.69, 9.17) is 11.6 Å². The highest BCUT2D eigenvalue weighted by Gasteiger charge is 2.29. The molecule has 0 fully saturated rings. The van der Waals surface area contributed by atoms with Crippen molar-refractivity contribution in [1.29, 1.82) is 0 Å². The molecule has 0 saturated heterocycles. The molecule has 2 nitrogen and oxygen atoms in total. The van der Waals surface area contributed by atoms with E-state index >= 15 is 0 Å². The van der Waals surface area contributed by atoms with Crippen LogP contribution in [0.5, 0.6) is 0 Å². The van der Waals surface area contributed by atoms with Gasteiger partial charge in [-0.25, -0.2) is 0 Å². The molecule has 1 rings (SSSR count). The number of nitrogens with zero attached hydrogens (tertiary/aromatic N) is 1. The minimum atomic E-state index is 0.163. The summed E-state index contributed by atoms with van der Waals surface area (Å²) >= 11 is 6.28. The molecule has 0 aromatic carbocycles. The second-order valence-electron chi connectivity index (χ2n) is 5.92. The normalized spacial score (nSPS) is 14.5. The fraction of sp³-hybridized carbons (Fsp3) is 0.812. The van der Waals surface area contributed by atoms with Crippen LogP contribution in [0.4, 0.5) is 0 Å². The van der Waals surface area contributed by atoms with Crippen molar-refractivity contribution in [3.8, 4) is 0 Å². The third-order valence-electron chi connectivity index (χ3n) is 4.11. The minimum absolute atomic E-state index is 0.163. The van der Waals surface area contributed by atoms with Gasteiger partial charge in [0.05, 0.1) is 16.9 Å². The zero-order chi connectivity index (χ0) is 14.1. The number of aromatic amines is 1. The maximum absolute atomic E-state index is 6.28. The lowest BCUT2D eigenvalue weighted by Crippen LogP contribution is -2.23. The molecule has 0 bridgehead atoms. The Kier molecular flexibility index (Phi) is 7.52. The van der Waals surface area contributed by atoms with Gasteiger partial charge in [-0.1, -0.05) is 77.3 Å². The van der Waals surface area contributed by atoms with Gasteiger partial charge in [0, 0.05) is 5.41 Å². The molecule has 110 valence electrons. The Labute approximate surface area is 123 Å². The lowest BCUT2D eigenvalue weighted by Gasteiger charge is -2.29. The van der Waals surface area contributed by atoms with Crippen molar-refractivity contribution in [3.05, 3.63) is 16.9 Å². The zero-order valence-electron chi connectivity index (χ0n) is 12.8. The van der Waals surface area contributed by atoms with Crippen LogP contribution in [-0.4, -0.2) is 10.2 Å². The van der Waals surface area contributed by atoms with E-state index in [9.17, 15) is 0 Å². The molecule has 1 atom stereocenters. The summed E-state index contributed by atoms with van der Waals surface area (Å²) in [7, 11) is 0. The second-order valence-corrected chi connectivity index (χ2v) is 6.33. The first-order valence-corrected chi connectivity index (χ1v) is 8.21. The first-order valence-electron chi connectivity index (χ1n) is 7.83. The lowest BCUT2D eigenvalue weighted by atomic mass is 9.77. The number of aromatic nitrogens is 2. The number of rotatable bonds is 10. The second kappa shape index (κ2) is 8.63. The van der Waals surface area contributed by atoms with Crippen LogP contribution in [0, 0.1) is 0 Å². The van der Waals surface area contributed by atoms with Gasteiger partial charge in [0.25, 0.3) is 0 Å². The van der Waals surface area contributed by atoms with Crippen molar-refractivity contribution >= 4 is 11.6 Å². The summed E-state index contributed by atoms with van der Waals surface area (Å²) in [6, 6.07) is 0. The molecule has 19 heavy (non-hydrogen) atoms. The number of H-pyrrole nitrogens is 1. The van der Waals surface area contributed by atoms with Gasteiger partial charge in [0.15, 0.2) is 0 Å². The lowest BCUT2D eigenvalue weighted by molar-refractivity contribution is 0.356. The average Bonchev–Trinajstić information content (AvgIpc) is 2.82. The number of unbranched alkanes of at least 4 members (excludes halogenated alkanes) is 5. The van der Waals surface area contributed by atoms with E-state index in [1.807, 2.05) is 0 Å². The molecule has 1 aromatic rings. The summed E-state index contributed by atoms with van der Waals surface area (Å²) in [5, 5.41) is 8.04. The Morgan fingerprint density at radius 3 is 2.16 bits per heavy atom. The van der Waals surface area contributed by atoms with Gasteiger partial charge in [-0.2, -0.15) is 5.10 Å². The van der Waals surface area contributed by atoms with Crippen LogP contribution in [0.3, 0.4) is 0 Å². The monoisotopic (exact) mass is 284 g/mol. The van der Waals surface area contributed by atoms with E-state index in [1.165, 1.54) is 57.8 Å². The fourth-order valence-corrected chi connectivity index (χ4v) is 3.10. The first kappa shape index (κ1) is 16.6. The van der Waals surface area contributed by atoms with Crippen molar-refractivity contribution in [2.24, 2.45) is 0 Å². The molecular formula is C16H29ClN2. The van der Waals surface area contributed by atoms with E-state index < -0.39 is 0 Å². The molecule has 0 amide bonds. The van der Waals surface area contributed by atoms with Crippen LogP contribution >= 0.6 is 11.6 Å². The first-order chi connectivity index (χ1) is 9.14. The van der Waals surface area contributed by atoms with Gasteiger partial charge < -0.3 is 0 Å². The van der Waals surface area contributed by atoms with Crippen LogP contribution in [-0.2, 0) is 5.41 Å². The smallest absolute Gasteiger partial charge is 0.0820 e. The van der Waals surface area contributed by atoms with Crippen LogP contribution in [0.15, 0.2) is 6.20 Å². The molecule has 1 unspecified atom stereocenters. The van der Waals surface area contributed by atoms with Crippen molar-refractivity contribution < 1.29 is 0 Å². The largest absolute Gasteiger partial charge is 0.280 e. The third-order valence-corrected chi connectivity index (χ3v) is 4.40. The number of hydrogen-bond acceptors (Lipinski definition) is 1. The Balaban J connectivity index is 2.64. The van der Waals surface area contributed by atoms with Gasteiger partial charge >= 0.3 is 0 Å². The van der Waals surface area contributed by atoms with Crippen molar-refractivity contribution in [3.63, 3.8) is 0 Å². The average molecular weight is 285 g/mol. The minimum Gasteiger partial charge on any atom is -0.280 e. The number of hydrogen-bond donors (Lipinski definition) is 1. The van der Waals surface area contributed by atoms with Gasteiger partial charge in [0.1, 0.15) is 0 Å². The van der Waals surface area contributed by atoms with Crippen molar-refractivity contribution in [1.82, 2.24) is 10.2 Å². The van der Waals surface area contributed by atoms with Gasteiger partial charge in [-0.05, 0) is 12.8 Å². The quantitative estimate of drug-likeness (QED) is 0.535. The Bertz CT molecular complexity index is 348. The predicted molar refractivity (Wildman–Crippen MR) is 83.9 cm³/mol.